The summed E-state index contributed by atoms with van der Waals surface area (Å²) in [5.41, 5.74) is 7.80. The SMILES string of the molecule is CC1(C)CC2(CC(C)(C)c3cc(C4CCCCC4)c(O)cc32)c2cc(O)c(C3CCCCC3)cc21. The smallest absolute Gasteiger partial charge is 0.119 e. The molecule has 0 heterocycles. The van der Waals surface area contributed by atoms with Gasteiger partial charge in [-0.1, -0.05) is 78.4 Å². The van der Waals surface area contributed by atoms with Crippen LogP contribution in [0.4, 0.5) is 0 Å². The van der Waals surface area contributed by atoms with Crippen molar-refractivity contribution in [2.75, 3.05) is 0 Å². The van der Waals surface area contributed by atoms with Gasteiger partial charge in [0.25, 0.3) is 0 Å². The molecule has 6 rings (SSSR count). The van der Waals surface area contributed by atoms with Crippen LogP contribution < -0.4 is 0 Å². The molecule has 4 aliphatic rings. The van der Waals surface area contributed by atoms with E-state index in [1.807, 2.05) is 0 Å². The predicted molar refractivity (Wildman–Crippen MR) is 144 cm³/mol. The van der Waals surface area contributed by atoms with E-state index in [-0.39, 0.29) is 16.2 Å². The van der Waals surface area contributed by atoms with Crippen LogP contribution in [0.15, 0.2) is 24.3 Å². The molecule has 0 unspecified atom stereocenters. The number of hydrogen-bond acceptors (Lipinski definition) is 2. The lowest BCUT2D eigenvalue weighted by molar-refractivity contribution is 0.348. The Balaban J connectivity index is 1.49. The molecule has 2 saturated carbocycles. The van der Waals surface area contributed by atoms with E-state index in [1.165, 1.54) is 97.6 Å². The summed E-state index contributed by atoms with van der Waals surface area (Å²) in [6.45, 7) is 9.57. The van der Waals surface area contributed by atoms with Crippen molar-refractivity contribution in [2.45, 2.75) is 133 Å². The average Bonchev–Trinajstić information content (AvgIpc) is 3.18. The zero-order chi connectivity index (χ0) is 24.6. The molecule has 2 aromatic carbocycles. The first-order chi connectivity index (χ1) is 16.6. The number of aromatic hydroxyl groups is 2. The number of fused-ring (bicyclic) bond motifs is 4. The summed E-state index contributed by atoms with van der Waals surface area (Å²) in [6, 6.07) is 9.06. The Bertz CT molecular complexity index is 1050. The third-order valence-corrected chi connectivity index (χ3v) is 10.4. The summed E-state index contributed by atoms with van der Waals surface area (Å²) < 4.78 is 0. The summed E-state index contributed by atoms with van der Waals surface area (Å²) in [5, 5.41) is 22.7. The first-order valence-electron chi connectivity index (χ1n) is 14.4. The Hall–Kier alpha value is -1.96. The molecule has 0 aromatic heterocycles. The Morgan fingerprint density at radius 2 is 0.914 bits per heavy atom. The minimum Gasteiger partial charge on any atom is -0.508 e. The van der Waals surface area contributed by atoms with Gasteiger partial charge in [-0.2, -0.15) is 0 Å². The summed E-state index contributed by atoms with van der Waals surface area (Å²) in [4.78, 5) is 0. The highest BCUT2D eigenvalue weighted by molar-refractivity contribution is 5.64. The Morgan fingerprint density at radius 1 is 0.543 bits per heavy atom. The van der Waals surface area contributed by atoms with Crippen molar-refractivity contribution in [1.82, 2.24) is 0 Å². The van der Waals surface area contributed by atoms with Gasteiger partial charge < -0.3 is 10.2 Å². The molecule has 2 N–H and O–H groups in total. The number of phenols is 2. The van der Waals surface area contributed by atoms with Crippen LogP contribution in [0, 0.1) is 0 Å². The Morgan fingerprint density at radius 3 is 1.29 bits per heavy atom. The van der Waals surface area contributed by atoms with E-state index < -0.39 is 0 Å². The maximum absolute atomic E-state index is 11.3. The Kier molecular flexibility index (Phi) is 5.37. The molecule has 0 atom stereocenters. The van der Waals surface area contributed by atoms with E-state index >= 15 is 0 Å². The topological polar surface area (TPSA) is 40.5 Å². The fraction of sp³-hybridized carbons (Fsp3) is 0.636. The molecule has 188 valence electrons. The van der Waals surface area contributed by atoms with E-state index in [9.17, 15) is 10.2 Å². The highest BCUT2D eigenvalue weighted by atomic mass is 16.3. The van der Waals surface area contributed by atoms with Crippen LogP contribution in [0.5, 0.6) is 11.5 Å². The zero-order valence-electron chi connectivity index (χ0n) is 22.3. The number of phenolic OH excluding ortho intramolecular Hbond substituents is 2. The maximum atomic E-state index is 11.3. The van der Waals surface area contributed by atoms with E-state index in [0.29, 0.717) is 23.3 Å². The van der Waals surface area contributed by atoms with Gasteiger partial charge in [0.2, 0.25) is 0 Å². The molecule has 0 amide bonds. The zero-order valence-corrected chi connectivity index (χ0v) is 22.3. The van der Waals surface area contributed by atoms with E-state index in [2.05, 4.69) is 52.0 Å². The van der Waals surface area contributed by atoms with Crippen molar-refractivity contribution in [3.05, 3.63) is 57.6 Å². The molecule has 0 aliphatic heterocycles. The van der Waals surface area contributed by atoms with Gasteiger partial charge >= 0.3 is 0 Å². The third-order valence-electron chi connectivity index (χ3n) is 10.4. The van der Waals surface area contributed by atoms with Crippen molar-refractivity contribution >= 4 is 0 Å². The largest absolute Gasteiger partial charge is 0.508 e. The van der Waals surface area contributed by atoms with Crippen LogP contribution in [0.2, 0.25) is 0 Å². The fourth-order valence-electron chi connectivity index (χ4n) is 8.89. The predicted octanol–water partition coefficient (Wildman–Crippen LogP) is 8.84. The van der Waals surface area contributed by atoms with Gasteiger partial charge in [-0.25, -0.2) is 0 Å². The van der Waals surface area contributed by atoms with Crippen molar-refractivity contribution in [3.63, 3.8) is 0 Å². The third kappa shape index (κ3) is 3.57. The standard InChI is InChI=1S/C33H44O2/c1-31(2)19-33(27-17-29(34)23(15-25(27)31)21-11-7-5-8-12-21)20-32(3,4)26-16-24(30(35)18-28(26)33)22-13-9-6-10-14-22/h15-18,21-22,34-35H,5-14,19-20H2,1-4H3. The number of rotatable bonds is 2. The lowest BCUT2D eigenvalue weighted by Crippen LogP contribution is -2.26. The second-order valence-corrected chi connectivity index (χ2v) is 13.8. The molecular formula is C33H44O2. The molecule has 0 radical (unpaired) electrons. The minimum absolute atomic E-state index is 0.0435. The van der Waals surface area contributed by atoms with Crippen LogP contribution in [-0.2, 0) is 16.2 Å². The van der Waals surface area contributed by atoms with Crippen molar-refractivity contribution in [1.29, 1.82) is 0 Å². The quantitative estimate of drug-likeness (QED) is 0.458. The number of hydrogen-bond donors (Lipinski definition) is 2. The molecule has 0 bridgehead atoms. The van der Waals surface area contributed by atoms with Crippen LogP contribution in [0.3, 0.4) is 0 Å². The molecule has 0 saturated heterocycles. The van der Waals surface area contributed by atoms with Crippen LogP contribution in [0.25, 0.3) is 0 Å². The first kappa shape index (κ1) is 23.4. The van der Waals surface area contributed by atoms with Gasteiger partial charge in [0.05, 0.1) is 0 Å². The van der Waals surface area contributed by atoms with Gasteiger partial charge in [-0.3, -0.25) is 0 Å². The second-order valence-electron chi connectivity index (χ2n) is 13.8. The van der Waals surface area contributed by atoms with E-state index in [4.69, 9.17) is 0 Å². The lowest BCUT2D eigenvalue weighted by Gasteiger charge is -2.31. The molecule has 4 aliphatic carbocycles. The second kappa shape index (κ2) is 8.02. The molecule has 2 heteroatoms. The molecule has 2 nitrogen and oxygen atoms in total. The lowest BCUT2D eigenvalue weighted by atomic mass is 9.72. The van der Waals surface area contributed by atoms with E-state index in [0.717, 1.165) is 12.8 Å². The highest BCUT2D eigenvalue weighted by Crippen LogP contribution is 2.64. The first-order valence-corrected chi connectivity index (χ1v) is 14.4. The summed E-state index contributed by atoms with van der Waals surface area (Å²) >= 11 is 0. The average molecular weight is 473 g/mol. The Labute approximate surface area is 212 Å². The molecule has 2 aromatic rings. The van der Waals surface area contributed by atoms with E-state index in [1.54, 1.807) is 0 Å². The van der Waals surface area contributed by atoms with Gasteiger partial charge in [0.1, 0.15) is 11.5 Å². The highest BCUT2D eigenvalue weighted by Gasteiger charge is 2.57. The van der Waals surface area contributed by atoms with Crippen molar-refractivity contribution in [2.24, 2.45) is 0 Å². The van der Waals surface area contributed by atoms with Gasteiger partial charge in [-0.05, 0) is 107 Å². The molecule has 2 fully saturated rings. The van der Waals surface area contributed by atoms with Gasteiger partial charge in [0, 0.05) is 5.41 Å². The summed E-state index contributed by atoms with van der Waals surface area (Å²) in [6.07, 6.45) is 14.6. The van der Waals surface area contributed by atoms with Crippen molar-refractivity contribution in [3.8, 4) is 11.5 Å². The number of benzene rings is 2. The fourth-order valence-corrected chi connectivity index (χ4v) is 8.89. The normalized spacial score (nSPS) is 25.0. The summed E-state index contributed by atoms with van der Waals surface area (Å²) in [7, 11) is 0. The maximum Gasteiger partial charge on any atom is 0.119 e. The monoisotopic (exact) mass is 472 g/mol. The van der Waals surface area contributed by atoms with Crippen molar-refractivity contribution < 1.29 is 10.2 Å². The minimum atomic E-state index is -0.136. The van der Waals surface area contributed by atoms with Crippen LogP contribution in [-0.4, -0.2) is 10.2 Å². The molecule has 1 spiro atoms. The molecule has 35 heavy (non-hydrogen) atoms. The van der Waals surface area contributed by atoms with Crippen LogP contribution in [0.1, 0.15) is 150 Å². The van der Waals surface area contributed by atoms with Gasteiger partial charge in [-0.15, -0.1) is 0 Å². The molecular weight excluding hydrogens is 428 g/mol. The summed E-state index contributed by atoms with van der Waals surface area (Å²) in [5.74, 6) is 2.00. The van der Waals surface area contributed by atoms with Crippen LogP contribution >= 0.6 is 0 Å². The van der Waals surface area contributed by atoms with Gasteiger partial charge in [0.15, 0.2) is 0 Å².